The fourth-order valence-electron chi connectivity index (χ4n) is 1.53. The van der Waals surface area contributed by atoms with E-state index in [0.29, 0.717) is 17.8 Å². The molecule has 1 heterocycles. The van der Waals surface area contributed by atoms with Crippen molar-refractivity contribution < 1.29 is 9.32 Å². The number of hydrogen-bond acceptors (Lipinski definition) is 3. The molecule has 1 N–H and O–H groups in total. The monoisotopic (exact) mass is 230 g/mol. The number of para-hydroxylation sites is 1. The van der Waals surface area contributed by atoms with Gasteiger partial charge in [0.25, 0.3) is 0 Å². The number of carbonyl (C=O) groups is 1. The molecular weight excluding hydrogens is 216 g/mol. The summed E-state index contributed by atoms with van der Waals surface area (Å²) in [4.78, 5) is 11.6. The minimum absolute atomic E-state index is 0.0768. The van der Waals surface area contributed by atoms with E-state index in [1.165, 1.54) is 0 Å². The Morgan fingerprint density at radius 2 is 2.24 bits per heavy atom. The zero-order valence-corrected chi connectivity index (χ0v) is 9.69. The first kappa shape index (κ1) is 11.4. The fraction of sp³-hybridized carbons (Fsp3) is 0.231. The smallest absolute Gasteiger partial charge is 0.226 e. The summed E-state index contributed by atoms with van der Waals surface area (Å²) in [5.41, 5.74) is 2.29. The molecule has 0 fully saturated rings. The molecule has 0 unspecified atom stereocenters. The Hall–Kier alpha value is -2.10. The topological polar surface area (TPSA) is 55.1 Å². The molecule has 2 rings (SSSR count). The van der Waals surface area contributed by atoms with Gasteiger partial charge in [-0.05, 0) is 19.1 Å². The lowest BCUT2D eigenvalue weighted by Gasteiger charge is -2.02. The molecule has 0 aliphatic carbocycles. The second kappa shape index (κ2) is 4.82. The Bertz CT molecular complexity index is 557. The zero-order chi connectivity index (χ0) is 12.3. The molecule has 1 amide bonds. The van der Waals surface area contributed by atoms with Gasteiger partial charge < -0.3 is 9.84 Å². The summed E-state index contributed by atoms with van der Waals surface area (Å²) in [5, 5.41) is 7.56. The van der Waals surface area contributed by atoms with Crippen molar-refractivity contribution in [1.29, 1.82) is 0 Å². The van der Waals surface area contributed by atoms with Gasteiger partial charge in [0, 0.05) is 11.9 Å². The molecule has 4 heteroatoms. The summed E-state index contributed by atoms with van der Waals surface area (Å²) < 4.78 is 5.13. The largest absolute Gasteiger partial charge is 0.356 e. The molecule has 0 radical (unpaired) electrons. The van der Waals surface area contributed by atoms with Crippen LogP contribution in [0.1, 0.15) is 12.6 Å². The molecule has 1 aromatic heterocycles. The maximum Gasteiger partial charge on any atom is 0.226 e. The number of amides is 1. The van der Waals surface area contributed by atoms with Crippen LogP contribution in [0.2, 0.25) is 0 Å². The lowest BCUT2D eigenvalue weighted by molar-refractivity contribution is -0.120. The van der Waals surface area contributed by atoms with Crippen LogP contribution in [0.4, 0.5) is 0 Å². The maximum atomic E-state index is 11.6. The highest BCUT2D eigenvalue weighted by Crippen LogP contribution is 2.17. The number of nitrogens with zero attached hydrogens (tertiary/aromatic N) is 1. The van der Waals surface area contributed by atoms with Crippen LogP contribution in [0.3, 0.4) is 0 Å². The summed E-state index contributed by atoms with van der Waals surface area (Å²) in [6.07, 6.45) is 0.226. The average molecular weight is 230 g/mol. The Morgan fingerprint density at radius 3 is 3.00 bits per heavy atom. The van der Waals surface area contributed by atoms with Gasteiger partial charge in [0.05, 0.1) is 6.42 Å². The highest BCUT2D eigenvalue weighted by Gasteiger charge is 2.11. The molecule has 0 atom stereocenters. The number of fused-ring (bicyclic) bond motifs is 1. The molecule has 1 aromatic carbocycles. The summed E-state index contributed by atoms with van der Waals surface area (Å²) in [6, 6.07) is 7.50. The van der Waals surface area contributed by atoms with Crippen LogP contribution >= 0.6 is 0 Å². The fourth-order valence-corrected chi connectivity index (χ4v) is 1.53. The molecule has 0 aliphatic heterocycles. The lowest BCUT2D eigenvalue weighted by atomic mass is 10.1. The van der Waals surface area contributed by atoms with E-state index in [4.69, 9.17) is 4.52 Å². The minimum Gasteiger partial charge on any atom is -0.356 e. The third-order valence-electron chi connectivity index (χ3n) is 2.37. The summed E-state index contributed by atoms with van der Waals surface area (Å²) >= 11 is 0. The number of benzene rings is 1. The summed E-state index contributed by atoms with van der Waals surface area (Å²) in [7, 11) is 0. The van der Waals surface area contributed by atoms with E-state index in [-0.39, 0.29) is 12.3 Å². The standard InChI is InChI=1S/C13H14N2O2/c1-9(2)8-14-13(16)7-11-10-5-3-4-6-12(10)17-15-11/h3-6H,1,7-8H2,2H3,(H,14,16). The van der Waals surface area contributed by atoms with Gasteiger partial charge in [-0.1, -0.05) is 29.4 Å². The first-order chi connectivity index (χ1) is 8.16. The Morgan fingerprint density at radius 1 is 1.47 bits per heavy atom. The lowest BCUT2D eigenvalue weighted by Crippen LogP contribution is -2.26. The zero-order valence-electron chi connectivity index (χ0n) is 9.69. The van der Waals surface area contributed by atoms with Crippen LogP contribution < -0.4 is 5.32 Å². The molecule has 0 saturated heterocycles. The Kier molecular flexibility index (Phi) is 3.23. The first-order valence-corrected chi connectivity index (χ1v) is 5.41. The molecule has 88 valence electrons. The van der Waals surface area contributed by atoms with Crippen LogP contribution in [0.5, 0.6) is 0 Å². The molecular formula is C13H14N2O2. The Labute approximate surface area is 99.3 Å². The van der Waals surface area contributed by atoms with Crippen molar-refractivity contribution in [3.05, 3.63) is 42.1 Å². The molecule has 2 aromatic rings. The van der Waals surface area contributed by atoms with Gasteiger partial charge in [0.15, 0.2) is 5.58 Å². The van der Waals surface area contributed by atoms with E-state index in [1.807, 2.05) is 31.2 Å². The number of carbonyl (C=O) groups excluding carboxylic acids is 1. The van der Waals surface area contributed by atoms with Crippen molar-refractivity contribution in [2.45, 2.75) is 13.3 Å². The number of rotatable bonds is 4. The van der Waals surface area contributed by atoms with Gasteiger partial charge in [0.1, 0.15) is 5.69 Å². The van der Waals surface area contributed by atoms with Gasteiger partial charge in [-0.25, -0.2) is 0 Å². The number of aromatic nitrogens is 1. The van der Waals surface area contributed by atoms with Gasteiger partial charge in [-0.15, -0.1) is 0 Å². The first-order valence-electron chi connectivity index (χ1n) is 5.41. The Balaban J connectivity index is 2.08. The van der Waals surface area contributed by atoms with Gasteiger partial charge in [0.2, 0.25) is 5.91 Å². The van der Waals surface area contributed by atoms with E-state index < -0.39 is 0 Å². The van der Waals surface area contributed by atoms with E-state index >= 15 is 0 Å². The average Bonchev–Trinajstić information content (AvgIpc) is 2.70. The SMILES string of the molecule is C=C(C)CNC(=O)Cc1noc2ccccc12. The highest BCUT2D eigenvalue weighted by atomic mass is 16.5. The van der Waals surface area contributed by atoms with Crippen LogP contribution in [-0.4, -0.2) is 17.6 Å². The second-order valence-corrected chi connectivity index (χ2v) is 4.04. The normalized spacial score (nSPS) is 10.4. The predicted molar refractivity (Wildman–Crippen MR) is 65.5 cm³/mol. The van der Waals surface area contributed by atoms with E-state index in [9.17, 15) is 4.79 Å². The number of nitrogens with one attached hydrogen (secondary N) is 1. The van der Waals surface area contributed by atoms with Crippen molar-refractivity contribution in [2.24, 2.45) is 0 Å². The van der Waals surface area contributed by atoms with Crippen LogP contribution in [0.25, 0.3) is 11.0 Å². The van der Waals surface area contributed by atoms with E-state index in [1.54, 1.807) is 0 Å². The van der Waals surface area contributed by atoms with Gasteiger partial charge in [-0.3, -0.25) is 4.79 Å². The summed E-state index contributed by atoms with van der Waals surface area (Å²) in [5.74, 6) is -0.0768. The molecule has 4 nitrogen and oxygen atoms in total. The quantitative estimate of drug-likeness (QED) is 0.818. The molecule has 0 bridgehead atoms. The minimum atomic E-state index is -0.0768. The van der Waals surface area contributed by atoms with Crippen molar-refractivity contribution in [3.8, 4) is 0 Å². The van der Waals surface area contributed by atoms with Crippen LogP contribution in [-0.2, 0) is 11.2 Å². The number of hydrogen-bond donors (Lipinski definition) is 1. The summed E-state index contributed by atoms with van der Waals surface area (Å²) in [6.45, 7) is 6.09. The third kappa shape index (κ3) is 2.72. The van der Waals surface area contributed by atoms with E-state index in [2.05, 4.69) is 17.1 Å². The van der Waals surface area contributed by atoms with Crippen molar-refractivity contribution >= 4 is 16.9 Å². The van der Waals surface area contributed by atoms with Crippen molar-refractivity contribution in [2.75, 3.05) is 6.54 Å². The van der Waals surface area contributed by atoms with Crippen LogP contribution in [0.15, 0.2) is 40.9 Å². The second-order valence-electron chi connectivity index (χ2n) is 4.04. The van der Waals surface area contributed by atoms with E-state index in [0.717, 1.165) is 11.0 Å². The molecule has 0 aliphatic rings. The maximum absolute atomic E-state index is 11.6. The predicted octanol–water partition coefficient (Wildman–Crippen LogP) is 2.06. The third-order valence-corrected chi connectivity index (χ3v) is 2.37. The highest BCUT2D eigenvalue weighted by molar-refractivity contribution is 5.86. The molecule has 17 heavy (non-hydrogen) atoms. The van der Waals surface area contributed by atoms with Gasteiger partial charge >= 0.3 is 0 Å². The van der Waals surface area contributed by atoms with Crippen molar-refractivity contribution in [1.82, 2.24) is 10.5 Å². The van der Waals surface area contributed by atoms with Crippen LogP contribution in [0, 0.1) is 0 Å². The van der Waals surface area contributed by atoms with Gasteiger partial charge in [-0.2, -0.15) is 0 Å². The molecule has 0 saturated carbocycles. The molecule has 0 spiro atoms. The van der Waals surface area contributed by atoms with Crippen molar-refractivity contribution in [3.63, 3.8) is 0 Å².